The van der Waals surface area contributed by atoms with E-state index >= 15 is 0 Å². The molecule has 5 nitrogen and oxygen atoms in total. The van der Waals surface area contributed by atoms with Gasteiger partial charge in [-0.1, -0.05) is 0 Å². The second-order valence-electron chi connectivity index (χ2n) is 4.96. The zero-order valence-electron chi connectivity index (χ0n) is 10.8. The number of fused-ring (bicyclic) bond motifs is 1. The van der Waals surface area contributed by atoms with E-state index in [-0.39, 0.29) is 11.7 Å². The van der Waals surface area contributed by atoms with E-state index in [2.05, 4.69) is 9.97 Å². The van der Waals surface area contributed by atoms with Gasteiger partial charge in [-0.25, -0.2) is 14.4 Å². The third-order valence-electron chi connectivity index (χ3n) is 3.72. The summed E-state index contributed by atoms with van der Waals surface area (Å²) in [4.78, 5) is 21.3. The number of hydrogen-bond donors (Lipinski definition) is 1. The van der Waals surface area contributed by atoms with Gasteiger partial charge in [0, 0.05) is 18.5 Å². The van der Waals surface area contributed by atoms with Crippen molar-refractivity contribution in [2.75, 3.05) is 18.0 Å². The molecule has 1 N–H and O–H groups in total. The summed E-state index contributed by atoms with van der Waals surface area (Å²) >= 11 is 0. The minimum absolute atomic E-state index is 0.295. The highest BCUT2D eigenvalue weighted by atomic mass is 19.1. The number of anilines is 1. The molecule has 0 amide bonds. The van der Waals surface area contributed by atoms with Crippen LogP contribution in [0.25, 0.3) is 10.9 Å². The molecule has 1 aromatic heterocycles. The SMILES string of the molecule is O=C(O)C1CCN(c2ncnc3ccc(F)cc23)CC1. The molecule has 0 unspecified atom stereocenters. The standard InChI is InChI=1S/C14H14FN3O2/c15-10-1-2-12-11(7-10)13(17-8-16-12)18-5-3-9(4-6-18)14(19)20/h1-2,7-9H,3-6H2,(H,19,20). The summed E-state index contributed by atoms with van der Waals surface area (Å²) in [6.45, 7) is 1.22. The largest absolute Gasteiger partial charge is 0.481 e. The van der Waals surface area contributed by atoms with Crippen LogP contribution in [-0.4, -0.2) is 34.1 Å². The first-order valence-electron chi connectivity index (χ1n) is 6.53. The van der Waals surface area contributed by atoms with E-state index in [9.17, 15) is 9.18 Å². The number of hydrogen-bond acceptors (Lipinski definition) is 4. The Morgan fingerprint density at radius 1 is 1.30 bits per heavy atom. The number of rotatable bonds is 2. The molecule has 0 spiro atoms. The van der Waals surface area contributed by atoms with Crippen molar-refractivity contribution in [2.45, 2.75) is 12.8 Å². The van der Waals surface area contributed by atoms with Crippen LogP contribution in [0.15, 0.2) is 24.5 Å². The molecule has 1 saturated heterocycles. The van der Waals surface area contributed by atoms with Crippen LogP contribution in [-0.2, 0) is 4.79 Å². The lowest BCUT2D eigenvalue weighted by Crippen LogP contribution is -2.36. The van der Waals surface area contributed by atoms with Crippen LogP contribution >= 0.6 is 0 Å². The highest BCUT2D eigenvalue weighted by Gasteiger charge is 2.26. The molecule has 20 heavy (non-hydrogen) atoms. The van der Waals surface area contributed by atoms with E-state index < -0.39 is 5.97 Å². The molecule has 1 aliphatic heterocycles. The van der Waals surface area contributed by atoms with Gasteiger partial charge >= 0.3 is 5.97 Å². The number of aliphatic carboxylic acids is 1. The Kier molecular flexibility index (Phi) is 3.22. The zero-order chi connectivity index (χ0) is 14.1. The van der Waals surface area contributed by atoms with Crippen LogP contribution in [0.2, 0.25) is 0 Å². The van der Waals surface area contributed by atoms with Crippen LogP contribution in [0.5, 0.6) is 0 Å². The lowest BCUT2D eigenvalue weighted by molar-refractivity contribution is -0.142. The number of benzene rings is 1. The average molecular weight is 275 g/mol. The quantitative estimate of drug-likeness (QED) is 0.908. The summed E-state index contributed by atoms with van der Waals surface area (Å²) in [5.74, 6) is -0.688. The smallest absolute Gasteiger partial charge is 0.306 e. The predicted molar refractivity (Wildman–Crippen MR) is 72.1 cm³/mol. The number of carboxylic acid groups (broad SMARTS) is 1. The van der Waals surface area contributed by atoms with Gasteiger partial charge in [0.15, 0.2) is 0 Å². The summed E-state index contributed by atoms with van der Waals surface area (Å²) < 4.78 is 13.4. The van der Waals surface area contributed by atoms with E-state index in [1.807, 2.05) is 4.90 Å². The van der Waals surface area contributed by atoms with Gasteiger partial charge in [0.2, 0.25) is 0 Å². The van der Waals surface area contributed by atoms with Crippen molar-refractivity contribution < 1.29 is 14.3 Å². The van der Waals surface area contributed by atoms with Crippen molar-refractivity contribution in [2.24, 2.45) is 5.92 Å². The molecule has 1 fully saturated rings. The fraction of sp³-hybridized carbons (Fsp3) is 0.357. The maximum atomic E-state index is 13.4. The Bertz CT molecular complexity index is 654. The first-order chi connectivity index (χ1) is 9.65. The molecule has 0 radical (unpaired) electrons. The number of carboxylic acids is 1. The van der Waals surface area contributed by atoms with Crippen molar-refractivity contribution in [3.63, 3.8) is 0 Å². The second kappa shape index (κ2) is 5.03. The van der Waals surface area contributed by atoms with Crippen LogP contribution < -0.4 is 4.90 Å². The summed E-state index contributed by atoms with van der Waals surface area (Å²) in [5.41, 5.74) is 0.691. The fourth-order valence-corrected chi connectivity index (χ4v) is 2.61. The molecule has 0 saturated carbocycles. The van der Waals surface area contributed by atoms with E-state index in [0.29, 0.717) is 42.7 Å². The van der Waals surface area contributed by atoms with Crippen LogP contribution in [0, 0.1) is 11.7 Å². The van der Waals surface area contributed by atoms with Crippen molar-refractivity contribution in [3.8, 4) is 0 Å². The van der Waals surface area contributed by atoms with E-state index in [1.165, 1.54) is 18.5 Å². The normalized spacial score (nSPS) is 16.6. The monoisotopic (exact) mass is 275 g/mol. The number of halogens is 1. The first-order valence-corrected chi connectivity index (χ1v) is 6.53. The predicted octanol–water partition coefficient (Wildman–Crippen LogP) is 2.07. The van der Waals surface area contributed by atoms with Crippen LogP contribution in [0.1, 0.15) is 12.8 Å². The van der Waals surface area contributed by atoms with Gasteiger partial charge < -0.3 is 10.0 Å². The van der Waals surface area contributed by atoms with Gasteiger partial charge in [0.1, 0.15) is 18.0 Å². The maximum Gasteiger partial charge on any atom is 0.306 e. The number of piperidine rings is 1. The van der Waals surface area contributed by atoms with Crippen LogP contribution in [0.3, 0.4) is 0 Å². The Labute approximate surface area is 115 Å². The summed E-state index contributed by atoms with van der Waals surface area (Å²) in [6.07, 6.45) is 2.62. The molecule has 3 rings (SSSR count). The maximum absolute atomic E-state index is 13.4. The fourth-order valence-electron chi connectivity index (χ4n) is 2.61. The highest BCUT2D eigenvalue weighted by Crippen LogP contribution is 2.27. The van der Waals surface area contributed by atoms with Gasteiger partial charge in [0.05, 0.1) is 11.4 Å². The Morgan fingerprint density at radius 3 is 2.75 bits per heavy atom. The molecule has 0 atom stereocenters. The molecule has 0 aliphatic carbocycles. The van der Waals surface area contributed by atoms with Gasteiger partial charge in [-0.05, 0) is 31.0 Å². The van der Waals surface area contributed by atoms with Crippen molar-refractivity contribution in [1.29, 1.82) is 0 Å². The second-order valence-corrected chi connectivity index (χ2v) is 4.96. The van der Waals surface area contributed by atoms with Crippen LogP contribution in [0.4, 0.5) is 10.2 Å². The van der Waals surface area contributed by atoms with Gasteiger partial charge in [-0.15, -0.1) is 0 Å². The third-order valence-corrected chi connectivity index (χ3v) is 3.72. The summed E-state index contributed by atoms with van der Waals surface area (Å²) in [6, 6.07) is 4.42. The molecular formula is C14H14FN3O2. The minimum Gasteiger partial charge on any atom is -0.481 e. The van der Waals surface area contributed by atoms with Crippen molar-refractivity contribution >= 4 is 22.7 Å². The Morgan fingerprint density at radius 2 is 2.05 bits per heavy atom. The number of carbonyl (C=O) groups is 1. The number of nitrogens with zero attached hydrogens (tertiary/aromatic N) is 3. The lowest BCUT2D eigenvalue weighted by Gasteiger charge is -2.31. The highest BCUT2D eigenvalue weighted by molar-refractivity contribution is 5.89. The van der Waals surface area contributed by atoms with Gasteiger partial charge in [-0.3, -0.25) is 4.79 Å². The summed E-state index contributed by atoms with van der Waals surface area (Å²) in [5, 5.41) is 9.68. The summed E-state index contributed by atoms with van der Waals surface area (Å²) in [7, 11) is 0. The Balaban J connectivity index is 1.91. The molecular weight excluding hydrogens is 261 g/mol. The van der Waals surface area contributed by atoms with E-state index in [0.717, 1.165) is 0 Å². The first kappa shape index (κ1) is 12.8. The van der Waals surface area contributed by atoms with Gasteiger partial charge in [0.25, 0.3) is 0 Å². The van der Waals surface area contributed by atoms with Gasteiger partial charge in [-0.2, -0.15) is 0 Å². The molecule has 1 aliphatic rings. The Hall–Kier alpha value is -2.24. The molecule has 6 heteroatoms. The lowest BCUT2D eigenvalue weighted by atomic mass is 9.97. The average Bonchev–Trinajstić information content (AvgIpc) is 2.46. The number of aromatic nitrogens is 2. The topological polar surface area (TPSA) is 66.3 Å². The molecule has 104 valence electrons. The molecule has 0 bridgehead atoms. The minimum atomic E-state index is -0.747. The van der Waals surface area contributed by atoms with Crippen molar-refractivity contribution in [1.82, 2.24) is 9.97 Å². The molecule has 2 heterocycles. The molecule has 2 aromatic rings. The zero-order valence-corrected chi connectivity index (χ0v) is 10.8. The third kappa shape index (κ3) is 2.29. The van der Waals surface area contributed by atoms with E-state index in [1.54, 1.807) is 6.07 Å². The molecule has 1 aromatic carbocycles. The van der Waals surface area contributed by atoms with E-state index in [4.69, 9.17) is 5.11 Å². The van der Waals surface area contributed by atoms with Crippen molar-refractivity contribution in [3.05, 3.63) is 30.3 Å².